The molecule has 5 rings (SSSR count). The van der Waals surface area contributed by atoms with Crippen LogP contribution in [0.15, 0.2) is 67.0 Å². The summed E-state index contributed by atoms with van der Waals surface area (Å²) in [4.78, 5) is 17.3. The number of Topliss-reactive ketones (excluding diaryl/α,β-unsaturated/α-hetero) is 1. The number of carbonyl (C=O) groups excluding carboxylic acids is 1. The van der Waals surface area contributed by atoms with Gasteiger partial charge in [-0.25, -0.2) is 8.78 Å². The molecule has 0 aliphatic heterocycles. The first-order valence-electron chi connectivity index (χ1n) is 10.7. The standard InChI is InChI=1S/C27H22F2N2O/c1-31-25(26(32)15-22-23(28)8-3-9-24(22)29)14-19-6-2-5-17-10-11-18(13-21(17)27(19)31)20-7-4-12-30-16-20/h3-4,7-14,16H,2,5-6,15H2,1H3. The fourth-order valence-electron chi connectivity index (χ4n) is 4.63. The minimum Gasteiger partial charge on any atom is -0.341 e. The smallest absolute Gasteiger partial charge is 0.183 e. The fraction of sp³-hybridized carbons (Fsp3) is 0.185. The third-order valence-corrected chi connectivity index (χ3v) is 6.25. The SMILES string of the molecule is Cn1c(C(=O)Cc2c(F)cccc2F)cc2c1-c1cc(-c3cccnc3)ccc1CCC2. The number of carbonyl (C=O) groups is 1. The number of fused-ring (bicyclic) bond motifs is 3. The molecule has 2 heterocycles. The van der Waals surface area contributed by atoms with E-state index in [1.165, 1.54) is 23.8 Å². The summed E-state index contributed by atoms with van der Waals surface area (Å²) in [5, 5.41) is 0. The van der Waals surface area contributed by atoms with E-state index >= 15 is 0 Å². The van der Waals surface area contributed by atoms with Gasteiger partial charge in [0.25, 0.3) is 0 Å². The van der Waals surface area contributed by atoms with Crippen LogP contribution in [0, 0.1) is 11.6 Å². The Balaban J connectivity index is 1.58. The lowest BCUT2D eigenvalue weighted by Gasteiger charge is -2.13. The number of ketones is 1. The summed E-state index contributed by atoms with van der Waals surface area (Å²) < 4.78 is 30.1. The molecule has 2 aromatic carbocycles. The Labute approximate surface area is 185 Å². The van der Waals surface area contributed by atoms with Crippen molar-refractivity contribution in [3.05, 3.63) is 101 Å². The number of hydrogen-bond acceptors (Lipinski definition) is 2. The van der Waals surface area contributed by atoms with Crippen LogP contribution < -0.4 is 0 Å². The van der Waals surface area contributed by atoms with Crippen LogP contribution in [0.2, 0.25) is 0 Å². The predicted octanol–water partition coefficient (Wildman–Crippen LogP) is 5.95. The molecule has 0 spiro atoms. The van der Waals surface area contributed by atoms with Crippen molar-refractivity contribution in [2.24, 2.45) is 7.05 Å². The molecule has 32 heavy (non-hydrogen) atoms. The maximum atomic E-state index is 14.1. The normalized spacial score (nSPS) is 12.7. The molecular weight excluding hydrogens is 406 g/mol. The number of aryl methyl sites for hydroxylation is 2. The zero-order valence-electron chi connectivity index (χ0n) is 17.7. The lowest BCUT2D eigenvalue weighted by atomic mass is 9.97. The van der Waals surface area contributed by atoms with Crippen LogP contribution >= 0.6 is 0 Å². The molecule has 1 aliphatic rings. The molecule has 0 saturated carbocycles. The third kappa shape index (κ3) is 3.54. The molecule has 0 radical (unpaired) electrons. The number of rotatable bonds is 4. The van der Waals surface area contributed by atoms with Gasteiger partial charge in [0.1, 0.15) is 11.6 Å². The molecule has 0 fully saturated rings. The van der Waals surface area contributed by atoms with E-state index in [2.05, 4.69) is 23.2 Å². The largest absolute Gasteiger partial charge is 0.341 e. The first-order chi connectivity index (χ1) is 15.5. The lowest BCUT2D eigenvalue weighted by molar-refractivity contribution is 0.0983. The summed E-state index contributed by atoms with van der Waals surface area (Å²) in [6, 6.07) is 15.9. The van der Waals surface area contributed by atoms with Crippen molar-refractivity contribution in [2.45, 2.75) is 25.7 Å². The minimum atomic E-state index is -0.694. The van der Waals surface area contributed by atoms with Crippen molar-refractivity contribution in [3.8, 4) is 22.4 Å². The zero-order valence-corrected chi connectivity index (χ0v) is 17.7. The van der Waals surface area contributed by atoms with Crippen molar-refractivity contribution in [1.29, 1.82) is 0 Å². The van der Waals surface area contributed by atoms with E-state index in [0.717, 1.165) is 47.2 Å². The molecule has 1 aliphatic carbocycles. The quantitative estimate of drug-likeness (QED) is 0.377. The molecule has 0 bridgehead atoms. The molecule has 3 nitrogen and oxygen atoms in total. The number of aromatic nitrogens is 2. The molecule has 0 saturated heterocycles. The van der Waals surface area contributed by atoms with Gasteiger partial charge in [-0.2, -0.15) is 0 Å². The van der Waals surface area contributed by atoms with Gasteiger partial charge in [-0.05, 0) is 66.3 Å². The number of hydrogen-bond donors (Lipinski definition) is 0. The van der Waals surface area contributed by atoms with Gasteiger partial charge in [-0.3, -0.25) is 9.78 Å². The highest BCUT2D eigenvalue weighted by molar-refractivity contribution is 5.98. The molecular formula is C27H22F2N2O. The Bertz CT molecular complexity index is 1300. The zero-order chi connectivity index (χ0) is 22.2. The van der Waals surface area contributed by atoms with Crippen LogP contribution in [-0.4, -0.2) is 15.3 Å². The van der Waals surface area contributed by atoms with Crippen LogP contribution in [0.25, 0.3) is 22.4 Å². The van der Waals surface area contributed by atoms with Crippen LogP contribution in [-0.2, 0) is 26.3 Å². The first kappa shape index (κ1) is 20.3. The number of pyridine rings is 1. The molecule has 0 unspecified atom stereocenters. The van der Waals surface area contributed by atoms with E-state index in [-0.39, 0.29) is 17.8 Å². The van der Waals surface area contributed by atoms with Crippen molar-refractivity contribution in [2.75, 3.05) is 0 Å². The van der Waals surface area contributed by atoms with Gasteiger partial charge in [0.15, 0.2) is 5.78 Å². The fourth-order valence-corrected chi connectivity index (χ4v) is 4.63. The van der Waals surface area contributed by atoms with Crippen molar-refractivity contribution in [1.82, 2.24) is 9.55 Å². The Kier molecular flexibility index (Phi) is 5.17. The number of nitrogens with zero attached hydrogens (tertiary/aromatic N) is 2. The van der Waals surface area contributed by atoms with Crippen LogP contribution in [0.1, 0.15) is 33.6 Å². The van der Waals surface area contributed by atoms with Gasteiger partial charge in [-0.15, -0.1) is 0 Å². The highest BCUT2D eigenvalue weighted by Crippen LogP contribution is 2.37. The third-order valence-electron chi connectivity index (χ3n) is 6.25. The average Bonchev–Trinajstić information content (AvgIpc) is 3.01. The molecule has 4 aromatic rings. The molecule has 2 aromatic heterocycles. The summed E-state index contributed by atoms with van der Waals surface area (Å²) in [5.74, 6) is -1.68. The Morgan fingerprint density at radius 2 is 1.75 bits per heavy atom. The van der Waals surface area contributed by atoms with E-state index in [0.29, 0.717) is 5.69 Å². The molecule has 0 atom stereocenters. The molecule has 0 N–H and O–H groups in total. The Hall–Kier alpha value is -3.60. The van der Waals surface area contributed by atoms with Crippen LogP contribution in [0.5, 0.6) is 0 Å². The lowest BCUT2D eigenvalue weighted by Crippen LogP contribution is -2.12. The van der Waals surface area contributed by atoms with E-state index in [4.69, 9.17) is 0 Å². The van der Waals surface area contributed by atoms with Crippen molar-refractivity contribution >= 4 is 5.78 Å². The summed E-state index contributed by atoms with van der Waals surface area (Å²) in [6.07, 6.45) is 6.06. The van der Waals surface area contributed by atoms with E-state index in [9.17, 15) is 13.6 Å². The molecule has 0 amide bonds. The van der Waals surface area contributed by atoms with Gasteiger partial charge in [0, 0.05) is 42.6 Å². The van der Waals surface area contributed by atoms with Crippen molar-refractivity contribution in [3.63, 3.8) is 0 Å². The predicted molar refractivity (Wildman–Crippen MR) is 120 cm³/mol. The topological polar surface area (TPSA) is 34.9 Å². The van der Waals surface area contributed by atoms with Crippen LogP contribution in [0.4, 0.5) is 8.78 Å². The van der Waals surface area contributed by atoms with Gasteiger partial charge in [0.05, 0.1) is 11.4 Å². The Morgan fingerprint density at radius 3 is 2.50 bits per heavy atom. The van der Waals surface area contributed by atoms with E-state index < -0.39 is 11.6 Å². The van der Waals surface area contributed by atoms with Crippen LogP contribution in [0.3, 0.4) is 0 Å². The second-order valence-corrected chi connectivity index (χ2v) is 8.23. The van der Waals surface area contributed by atoms with Crippen molar-refractivity contribution < 1.29 is 13.6 Å². The average molecular weight is 428 g/mol. The molecule has 160 valence electrons. The van der Waals surface area contributed by atoms with E-state index in [1.54, 1.807) is 6.20 Å². The van der Waals surface area contributed by atoms with Gasteiger partial charge in [0.2, 0.25) is 0 Å². The number of benzene rings is 2. The van der Waals surface area contributed by atoms with E-state index in [1.807, 2.05) is 36.0 Å². The second-order valence-electron chi connectivity index (χ2n) is 8.23. The first-order valence-corrected chi connectivity index (χ1v) is 10.7. The Morgan fingerprint density at radius 1 is 0.969 bits per heavy atom. The summed E-state index contributed by atoms with van der Waals surface area (Å²) >= 11 is 0. The minimum absolute atomic E-state index is 0.187. The second kappa shape index (κ2) is 8.15. The maximum absolute atomic E-state index is 14.1. The monoisotopic (exact) mass is 428 g/mol. The summed E-state index contributed by atoms with van der Waals surface area (Å²) in [6.45, 7) is 0. The summed E-state index contributed by atoms with van der Waals surface area (Å²) in [7, 11) is 1.86. The molecule has 5 heteroatoms. The van der Waals surface area contributed by atoms with Gasteiger partial charge >= 0.3 is 0 Å². The van der Waals surface area contributed by atoms with Gasteiger partial charge < -0.3 is 4.57 Å². The summed E-state index contributed by atoms with van der Waals surface area (Å²) in [5.41, 5.74) is 6.79. The highest BCUT2D eigenvalue weighted by Gasteiger charge is 2.24. The number of halogens is 2. The highest BCUT2D eigenvalue weighted by atomic mass is 19.1. The van der Waals surface area contributed by atoms with Gasteiger partial charge in [-0.1, -0.05) is 24.3 Å². The maximum Gasteiger partial charge on any atom is 0.183 e.